The summed E-state index contributed by atoms with van der Waals surface area (Å²) in [7, 11) is 0. The number of carbonyl (C=O) groups excluding carboxylic acids is 2. The fourth-order valence-electron chi connectivity index (χ4n) is 2.51. The molecular weight excluding hydrogens is 340 g/mol. The van der Waals surface area contributed by atoms with Crippen molar-refractivity contribution >= 4 is 34.8 Å². The van der Waals surface area contributed by atoms with E-state index in [0.29, 0.717) is 6.21 Å². The lowest BCUT2D eigenvalue weighted by Gasteiger charge is -2.17. The van der Waals surface area contributed by atoms with Crippen molar-refractivity contribution in [1.29, 1.82) is 0 Å². The first-order chi connectivity index (χ1) is 12.4. The minimum atomic E-state index is -1.46. The van der Waals surface area contributed by atoms with E-state index in [0.717, 1.165) is 10.9 Å². The first kappa shape index (κ1) is 19.0. The Bertz CT molecular complexity index is 869. The zero-order valence-electron chi connectivity index (χ0n) is 13.8. The molecule has 0 saturated carbocycles. The Morgan fingerprint density at radius 3 is 2.69 bits per heavy atom. The maximum atomic E-state index is 12.1. The highest BCUT2D eigenvalue weighted by molar-refractivity contribution is 6.25. The van der Waals surface area contributed by atoms with Crippen molar-refractivity contribution in [3.05, 3.63) is 42.1 Å². The number of Topliss-reactive ketones (excluding diaryl/α,β-unsaturated/α-hetero) is 1. The topological polar surface area (TPSA) is 145 Å². The third kappa shape index (κ3) is 4.85. The quantitative estimate of drug-likeness (QED) is 0.333. The molecule has 2 rings (SSSR count). The summed E-state index contributed by atoms with van der Waals surface area (Å²) < 4.78 is 1.69. The molecule has 1 amide bonds. The van der Waals surface area contributed by atoms with Gasteiger partial charge in [0.15, 0.2) is 6.10 Å². The van der Waals surface area contributed by atoms with Crippen LogP contribution in [-0.4, -0.2) is 55.6 Å². The highest BCUT2D eigenvalue weighted by atomic mass is 16.4. The van der Waals surface area contributed by atoms with Crippen LogP contribution < -0.4 is 5.32 Å². The number of hydrogen-bond acceptors (Lipinski definition) is 4. The van der Waals surface area contributed by atoms with Gasteiger partial charge in [-0.05, 0) is 23.9 Å². The minimum Gasteiger partial charge on any atom is -0.480 e. The van der Waals surface area contributed by atoms with Gasteiger partial charge >= 0.3 is 12.2 Å². The molecule has 0 unspecified atom stereocenters. The zero-order chi connectivity index (χ0) is 19.1. The number of aliphatic carboxylic acids is 1. The number of para-hydroxylation sites is 1. The van der Waals surface area contributed by atoms with Crippen molar-refractivity contribution < 1.29 is 29.4 Å². The Morgan fingerprint density at radius 2 is 2.00 bits per heavy atom. The van der Waals surface area contributed by atoms with Crippen molar-refractivity contribution in [2.24, 2.45) is 0 Å². The van der Waals surface area contributed by atoms with E-state index in [1.807, 2.05) is 30.3 Å². The molecule has 1 aromatic carbocycles. The first-order valence-electron chi connectivity index (χ1n) is 7.87. The Morgan fingerprint density at radius 1 is 1.27 bits per heavy atom. The number of aliphatic hydroxyl groups is 1. The number of nitrogens with one attached hydrogen (secondary N) is 1. The van der Waals surface area contributed by atoms with E-state index in [2.05, 4.69) is 10.1 Å². The minimum absolute atomic E-state index is 0.0399. The normalized spacial score (nSPS) is 12.8. The highest BCUT2D eigenvalue weighted by Gasteiger charge is 2.25. The molecule has 9 nitrogen and oxygen atoms in total. The van der Waals surface area contributed by atoms with Gasteiger partial charge in [0.1, 0.15) is 6.04 Å². The highest BCUT2D eigenvalue weighted by Crippen LogP contribution is 2.15. The second kappa shape index (κ2) is 8.70. The molecule has 9 heteroatoms. The Balaban J connectivity index is 1.98. The molecule has 3 N–H and O–H groups in total. The van der Waals surface area contributed by atoms with Crippen LogP contribution in [0.1, 0.15) is 12.8 Å². The molecule has 26 heavy (non-hydrogen) atoms. The number of carbonyl (C=O) groups is 3. The average molecular weight is 358 g/mol. The average Bonchev–Trinajstić information content (AvgIpc) is 3.01. The second-order valence-corrected chi connectivity index (χ2v) is 5.69. The van der Waals surface area contributed by atoms with Crippen LogP contribution in [0.5, 0.6) is 0 Å². The maximum absolute atomic E-state index is 12.1. The van der Waals surface area contributed by atoms with Crippen molar-refractivity contribution in [3.63, 3.8) is 0 Å². The van der Waals surface area contributed by atoms with E-state index in [9.17, 15) is 19.5 Å². The summed E-state index contributed by atoms with van der Waals surface area (Å²) in [5.74, 6) is -2.75. The molecule has 0 spiro atoms. The van der Waals surface area contributed by atoms with Crippen LogP contribution in [0.3, 0.4) is 0 Å². The van der Waals surface area contributed by atoms with E-state index in [1.165, 1.54) is 0 Å². The molecule has 2 atom stereocenters. The predicted molar refractivity (Wildman–Crippen MR) is 91.4 cm³/mol. The molecule has 1 aromatic heterocycles. The number of rotatable bonds is 9. The lowest BCUT2D eigenvalue weighted by molar-refractivity contribution is -0.143. The fraction of sp³-hybridized carbons (Fsp3) is 0.294. The van der Waals surface area contributed by atoms with Gasteiger partial charge in [-0.1, -0.05) is 18.2 Å². The summed E-state index contributed by atoms with van der Waals surface area (Å²) in [6.07, 6.45) is 0.516. The van der Waals surface area contributed by atoms with E-state index >= 15 is 0 Å². The molecule has 0 aliphatic carbocycles. The number of amides is 1. The van der Waals surface area contributed by atoms with E-state index in [-0.39, 0.29) is 19.4 Å². The number of ketones is 1. The number of carboxylic acids is 1. The van der Waals surface area contributed by atoms with Crippen LogP contribution in [0.2, 0.25) is 0 Å². The molecule has 136 valence electrons. The second-order valence-electron chi connectivity index (χ2n) is 5.69. The van der Waals surface area contributed by atoms with Gasteiger partial charge in [0, 0.05) is 18.1 Å². The van der Waals surface area contributed by atoms with Crippen molar-refractivity contribution in [2.75, 3.05) is 0 Å². The first-order valence-corrected chi connectivity index (χ1v) is 7.87. The lowest BCUT2D eigenvalue weighted by Crippen LogP contribution is -2.46. The third-order valence-electron chi connectivity index (χ3n) is 3.85. The third-order valence-corrected chi connectivity index (χ3v) is 3.85. The fourth-order valence-corrected chi connectivity index (χ4v) is 2.51. The number of benzene rings is 1. The number of aromatic nitrogens is 1. The maximum Gasteiger partial charge on any atom is 0.326 e. The summed E-state index contributed by atoms with van der Waals surface area (Å²) in [6, 6.07) is 7.94. The van der Waals surface area contributed by atoms with Crippen molar-refractivity contribution in [3.8, 4) is 0 Å². The Kier molecular flexibility index (Phi) is 6.37. The van der Waals surface area contributed by atoms with Crippen LogP contribution >= 0.6 is 0 Å². The molecule has 0 aliphatic heterocycles. The van der Waals surface area contributed by atoms with Crippen LogP contribution in [0.15, 0.2) is 36.5 Å². The molecule has 0 aliphatic rings. The summed E-state index contributed by atoms with van der Waals surface area (Å²) in [4.78, 5) is 37.1. The number of nitrogens with zero attached hydrogens (tertiary/aromatic N) is 3. The number of aliphatic hydroxyl groups excluding tert-OH is 1. The molecule has 1 heterocycles. The van der Waals surface area contributed by atoms with Crippen LogP contribution in [-0.2, 0) is 20.9 Å². The van der Waals surface area contributed by atoms with Gasteiger partial charge < -0.3 is 25.6 Å². The Hall–Kier alpha value is -3.29. The predicted octanol–water partition coefficient (Wildman–Crippen LogP) is 0.221. The van der Waals surface area contributed by atoms with Gasteiger partial charge in [0.25, 0.3) is 5.91 Å². The van der Waals surface area contributed by atoms with Gasteiger partial charge in [-0.25, -0.2) is 4.79 Å². The monoisotopic (exact) mass is 358 g/mol. The van der Waals surface area contributed by atoms with Gasteiger partial charge in [0.2, 0.25) is 5.78 Å². The molecular formula is C17H18N4O5. The largest absolute Gasteiger partial charge is 0.480 e. The number of fused-ring (bicyclic) bond motifs is 1. The zero-order valence-corrected chi connectivity index (χ0v) is 13.8. The standard InChI is InChI=1S/C17H18N4O5/c18-19-9-12(22)5-6-13(17(25)26)20-16(24)15(23)10-21-8-7-11-3-1-2-4-14(11)21/h1-4,7-9,13,15,23H,5-6,10H2,(H,20,24)(H,25,26)/t13-,15-/m0/s1. The van der Waals surface area contributed by atoms with Crippen LogP contribution in [0.25, 0.3) is 16.4 Å². The summed E-state index contributed by atoms with van der Waals surface area (Å²) in [6.45, 7) is -0.0399. The van der Waals surface area contributed by atoms with E-state index in [1.54, 1.807) is 10.8 Å². The summed E-state index contributed by atoms with van der Waals surface area (Å²) in [5, 5.41) is 22.4. The van der Waals surface area contributed by atoms with Crippen LogP contribution in [0.4, 0.5) is 0 Å². The SMILES string of the molecule is [N-]=[N+]=CC(=O)CC[C@H](NC(=O)[C@@H](O)Cn1ccc2ccccc21)C(=O)O. The van der Waals surface area contributed by atoms with Gasteiger partial charge in [-0.2, -0.15) is 4.79 Å². The van der Waals surface area contributed by atoms with E-state index < -0.39 is 29.8 Å². The van der Waals surface area contributed by atoms with Crippen molar-refractivity contribution in [1.82, 2.24) is 9.88 Å². The van der Waals surface area contributed by atoms with E-state index in [4.69, 9.17) is 10.6 Å². The molecule has 0 bridgehead atoms. The van der Waals surface area contributed by atoms with Crippen molar-refractivity contribution in [2.45, 2.75) is 31.5 Å². The summed E-state index contributed by atoms with van der Waals surface area (Å²) >= 11 is 0. The number of carboxylic acid groups (broad SMARTS) is 1. The smallest absolute Gasteiger partial charge is 0.326 e. The molecule has 2 aromatic rings. The summed E-state index contributed by atoms with van der Waals surface area (Å²) in [5.41, 5.74) is 9.09. The Labute approximate surface area is 148 Å². The van der Waals surface area contributed by atoms with Gasteiger partial charge in [-0.3, -0.25) is 9.59 Å². The van der Waals surface area contributed by atoms with Crippen LogP contribution in [0, 0.1) is 0 Å². The molecule has 0 fully saturated rings. The van der Waals surface area contributed by atoms with Gasteiger partial charge in [-0.15, -0.1) is 0 Å². The lowest BCUT2D eigenvalue weighted by atomic mass is 10.1. The molecule has 0 saturated heterocycles. The molecule has 0 radical (unpaired) electrons. The van der Waals surface area contributed by atoms with Gasteiger partial charge in [0.05, 0.1) is 6.54 Å². The number of hydrogen-bond donors (Lipinski definition) is 3.